The largest absolute Gasteiger partial charge is 0.538 e. The molecule has 0 fully saturated rings. The Hall–Kier alpha value is -1.67. The van der Waals surface area contributed by atoms with Crippen molar-refractivity contribution in [2.45, 2.75) is 91.7 Å². The van der Waals surface area contributed by atoms with E-state index in [4.69, 9.17) is 8.85 Å². The van der Waals surface area contributed by atoms with Crippen LogP contribution in [0.2, 0.25) is 36.3 Å². The number of carbonyl (C=O) groups is 2. The molecule has 1 aromatic rings. The fourth-order valence-corrected chi connectivity index (χ4v) is 8.38. The summed E-state index contributed by atoms with van der Waals surface area (Å²) in [6.07, 6.45) is 0. The first-order valence-electron chi connectivity index (χ1n) is 11.7. The van der Waals surface area contributed by atoms with Gasteiger partial charge in [0, 0.05) is 11.1 Å². The second-order valence-electron chi connectivity index (χ2n) is 11.8. The van der Waals surface area contributed by atoms with E-state index in [1.807, 2.05) is 0 Å². The lowest BCUT2D eigenvalue weighted by Gasteiger charge is -2.45. The zero-order valence-corrected chi connectivity index (χ0v) is 24.1. The van der Waals surface area contributed by atoms with Gasteiger partial charge in [-0.05, 0) is 48.1 Å². The van der Waals surface area contributed by atoms with Gasteiger partial charge in [-0.2, -0.15) is 0 Å². The van der Waals surface area contributed by atoms with Gasteiger partial charge < -0.3 is 8.85 Å². The summed E-state index contributed by atoms with van der Waals surface area (Å²) in [6.45, 7) is 25.9. The molecule has 0 aliphatic heterocycles. The highest BCUT2D eigenvalue weighted by atomic mass is 28.4. The Labute approximate surface area is 197 Å². The maximum absolute atomic E-state index is 13.6. The highest BCUT2D eigenvalue weighted by Crippen LogP contribution is 2.49. The molecule has 1 aliphatic carbocycles. The third kappa shape index (κ3) is 4.40. The van der Waals surface area contributed by atoms with Gasteiger partial charge >= 0.3 is 0 Å². The average molecular weight is 475 g/mol. The summed E-state index contributed by atoms with van der Waals surface area (Å²) in [5.41, 5.74) is 0.796. The molecule has 0 heterocycles. The molecule has 1 aliphatic rings. The van der Waals surface area contributed by atoms with Crippen molar-refractivity contribution in [2.24, 2.45) is 11.8 Å². The first-order chi connectivity index (χ1) is 14.4. The number of allylic oxidation sites excluding steroid dienone is 2. The molecule has 1 aromatic carbocycles. The molecule has 0 unspecified atom stereocenters. The van der Waals surface area contributed by atoms with E-state index < -0.39 is 16.6 Å². The van der Waals surface area contributed by atoms with Gasteiger partial charge in [0.1, 0.15) is 0 Å². The zero-order valence-electron chi connectivity index (χ0n) is 22.1. The van der Waals surface area contributed by atoms with Gasteiger partial charge in [-0.25, -0.2) is 0 Å². The Balaban J connectivity index is 2.69. The molecule has 0 atom stereocenters. The first-order valence-corrected chi connectivity index (χ1v) is 17.5. The molecule has 0 aromatic heterocycles. The van der Waals surface area contributed by atoms with Crippen molar-refractivity contribution < 1.29 is 18.4 Å². The van der Waals surface area contributed by atoms with Gasteiger partial charge in [0.25, 0.3) is 16.6 Å². The molecule has 4 nitrogen and oxygen atoms in total. The Morgan fingerprint density at radius 3 is 1.19 bits per heavy atom. The quantitative estimate of drug-likeness (QED) is 0.364. The van der Waals surface area contributed by atoms with Crippen LogP contribution in [-0.2, 0) is 8.85 Å². The Bertz CT molecular complexity index is 862. The molecule has 0 bridgehead atoms. The van der Waals surface area contributed by atoms with E-state index in [-0.39, 0.29) is 33.2 Å². The van der Waals surface area contributed by atoms with Crippen LogP contribution < -0.4 is 0 Å². The molecule has 2 rings (SSSR count). The molecular formula is C26H42O4Si2. The van der Waals surface area contributed by atoms with Crippen LogP contribution in [0.15, 0.2) is 35.8 Å². The number of ketones is 2. The molecule has 6 heteroatoms. The molecule has 0 saturated carbocycles. The Morgan fingerprint density at radius 2 is 0.938 bits per heavy atom. The van der Waals surface area contributed by atoms with Gasteiger partial charge in [-0.3, -0.25) is 9.59 Å². The van der Waals surface area contributed by atoms with Gasteiger partial charge in [0.05, 0.1) is 0 Å². The van der Waals surface area contributed by atoms with Crippen LogP contribution in [0, 0.1) is 11.8 Å². The number of fused-ring (bicyclic) bond motifs is 1. The summed E-state index contributed by atoms with van der Waals surface area (Å²) >= 11 is 0. The standard InChI is InChI=1S/C26H42O4Si2/c1-17(2)25(5,6)31(9,10)29-23-21(27)19-15-13-14-16-20(19)22(28)24(23)30-32(11,12)26(7,8)18(3)4/h13-18H,1-12H3. The smallest absolute Gasteiger partial charge is 0.251 e. The second-order valence-corrected chi connectivity index (χ2v) is 20.9. The van der Waals surface area contributed by atoms with Crippen molar-refractivity contribution in [3.63, 3.8) is 0 Å². The maximum Gasteiger partial charge on any atom is 0.251 e. The topological polar surface area (TPSA) is 52.6 Å². The van der Waals surface area contributed by atoms with Crippen LogP contribution >= 0.6 is 0 Å². The summed E-state index contributed by atoms with van der Waals surface area (Å²) in [5.74, 6) is 0.450. The normalized spacial score (nSPS) is 16.1. The van der Waals surface area contributed by atoms with E-state index in [2.05, 4.69) is 81.6 Å². The molecular weight excluding hydrogens is 432 g/mol. The monoisotopic (exact) mass is 474 g/mol. The number of hydrogen-bond donors (Lipinski definition) is 0. The highest BCUT2D eigenvalue weighted by molar-refractivity contribution is 6.75. The van der Waals surface area contributed by atoms with Gasteiger partial charge in [-0.1, -0.05) is 79.7 Å². The number of Topliss-reactive ketones (excluding diaryl/α,β-unsaturated/α-hetero) is 2. The van der Waals surface area contributed by atoms with E-state index in [0.717, 1.165) is 0 Å². The summed E-state index contributed by atoms with van der Waals surface area (Å²) < 4.78 is 13.2. The van der Waals surface area contributed by atoms with E-state index in [9.17, 15) is 9.59 Å². The highest BCUT2D eigenvalue weighted by Gasteiger charge is 2.51. The number of hydrogen-bond acceptors (Lipinski definition) is 4. The molecule has 0 saturated heterocycles. The summed E-state index contributed by atoms with van der Waals surface area (Å²) in [4.78, 5) is 27.3. The number of rotatable bonds is 8. The lowest BCUT2D eigenvalue weighted by Crippen LogP contribution is -2.49. The molecule has 0 amide bonds. The average Bonchev–Trinajstić information content (AvgIpc) is 2.68. The van der Waals surface area contributed by atoms with E-state index >= 15 is 0 Å². The first kappa shape index (κ1) is 26.6. The van der Waals surface area contributed by atoms with E-state index in [1.165, 1.54) is 0 Å². The molecule has 0 radical (unpaired) electrons. The van der Waals surface area contributed by atoms with Crippen molar-refractivity contribution in [3.05, 3.63) is 46.9 Å². The predicted octanol–water partition coefficient (Wildman–Crippen LogP) is 7.59. The fraction of sp³-hybridized carbons (Fsp3) is 0.615. The van der Waals surface area contributed by atoms with Crippen LogP contribution in [0.3, 0.4) is 0 Å². The summed E-state index contributed by atoms with van der Waals surface area (Å²) in [7, 11) is -4.91. The Kier molecular flexibility index (Phi) is 7.14. The minimum absolute atomic E-state index is 0.110. The van der Waals surface area contributed by atoms with E-state index in [1.54, 1.807) is 24.3 Å². The molecule has 0 N–H and O–H groups in total. The lowest BCUT2D eigenvalue weighted by molar-refractivity contribution is 0.0884. The zero-order chi connectivity index (χ0) is 24.9. The summed E-state index contributed by atoms with van der Waals surface area (Å²) in [6, 6.07) is 6.99. The maximum atomic E-state index is 13.6. The minimum Gasteiger partial charge on any atom is -0.538 e. The Morgan fingerprint density at radius 1 is 0.656 bits per heavy atom. The minimum atomic E-state index is -2.45. The number of carbonyl (C=O) groups excluding carboxylic acids is 2. The SMILES string of the molecule is CC(C)C(C)(C)[Si](C)(C)OC1=C(O[Si](C)(C)C(C)(C)C(C)C)C(=O)c2ccccc2C1=O. The second kappa shape index (κ2) is 8.60. The molecule has 32 heavy (non-hydrogen) atoms. The van der Waals surface area contributed by atoms with E-state index in [0.29, 0.717) is 23.0 Å². The molecule has 178 valence electrons. The van der Waals surface area contributed by atoms with Gasteiger partial charge in [0.15, 0.2) is 11.5 Å². The van der Waals surface area contributed by atoms with Crippen molar-refractivity contribution in [1.29, 1.82) is 0 Å². The van der Waals surface area contributed by atoms with Crippen LogP contribution in [-0.4, -0.2) is 28.2 Å². The van der Waals surface area contributed by atoms with Gasteiger partial charge in [0.2, 0.25) is 11.6 Å². The predicted molar refractivity (Wildman–Crippen MR) is 137 cm³/mol. The van der Waals surface area contributed by atoms with Crippen LogP contribution in [0.25, 0.3) is 0 Å². The van der Waals surface area contributed by atoms with Crippen molar-refractivity contribution in [3.8, 4) is 0 Å². The van der Waals surface area contributed by atoms with Crippen molar-refractivity contribution >= 4 is 28.2 Å². The summed E-state index contributed by atoms with van der Waals surface area (Å²) in [5, 5.41) is -0.231. The van der Waals surface area contributed by atoms with Crippen molar-refractivity contribution in [1.82, 2.24) is 0 Å². The van der Waals surface area contributed by atoms with Crippen LogP contribution in [0.1, 0.15) is 76.1 Å². The van der Waals surface area contributed by atoms with Crippen LogP contribution in [0.4, 0.5) is 0 Å². The third-order valence-electron chi connectivity index (χ3n) is 8.74. The van der Waals surface area contributed by atoms with Crippen LogP contribution in [0.5, 0.6) is 0 Å². The fourth-order valence-electron chi connectivity index (χ4n) is 3.68. The lowest BCUT2D eigenvalue weighted by atomic mass is 9.92. The van der Waals surface area contributed by atoms with Gasteiger partial charge in [-0.15, -0.1) is 0 Å². The third-order valence-corrected chi connectivity index (χ3v) is 17.5. The molecule has 0 spiro atoms. The number of benzene rings is 1. The van der Waals surface area contributed by atoms with Crippen molar-refractivity contribution in [2.75, 3.05) is 0 Å².